The molecule has 1 fully saturated rings. The zero-order valence-corrected chi connectivity index (χ0v) is 7.62. The molecule has 0 bridgehead atoms. The molecule has 1 saturated carbocycles. The standard InChI is InChI=1S/C10H14O3/c1-2-13-10(12)7-9(11)8-5-3-4-6-8/h2,8H,1,3-7H2. The molecule has 0 atom stereocenters. The number of rotatable bonds is 4. The van der Waals surface area contributed by atoms with Gasteiger partial charge >= 0.3 is 5.97 Å². The summed E-state index contributed by atoms with van der Waals surface area (Å²) in [6.07, 6.45) is 5.03. The number of hydrogen-bond acceptors (Lipinski definition) is 3. The van der Waals surface area contributed by atoms with E-state index in [1.807, 2.05) is 0 Å². The van der Waals surface area contributed by atoms with E-state index in [1.54, 1.807) is 0 Å². The molecule has 0 unspecified atom stereocenters. The van der Waals surface area contributed by atoms with Crippen molar-refractivity contribution in [1.29, 1.82) is 0 Å². The average Bonchev–Trinajstić information content (AvgIpc) is 2.55. The van der Waals surface area contributed by atoms with Crippen molar-refractivity contribution in [2.45, 2.75) is 32.1 Å². The van der Waals surface area contributed by atoms with Crippen LogP contribution in [0.2, 0.25) is 0 Å². The normalized spacial score (nSPS) is 16.9. The van der Waals surface area contributed by atoms with Crippen molar-refractivity contribution < 1.29 is 14.3 Å². The van der Waals surface area contributed by atoms with Crippen molar-refractivity contribution in [3.8, 4) is 0 Å². The van der Waals surface area contributed by atoms with Gasteiger partial charge in [0.15, 0.2) is 0 Å². The van der Waals surface area contributed by atoms with Gasteiger partial charge in [-0.2, -0.15) is 0 Å². The molecule has 1 rings (SSSR count). The Hall–Kier alpha value is -1.12. The Balaban J connectivity index is 2.31. The van der Waals surface area contributed by atoms with Gasteiger partial charge < -0.3 is 4.74 Å². The first-order valence-electron chi connectivity index (χ1n) is 4.57. The lowest BCUT2D eigenvalue weighted by Gasteiger charge is -2.05. The van der Waals surface area contributed by atoms with Gasteiger partial charge in [-0.25, -0.2) is 0 Å². The van der Waals surface area contributed by atoms with Crippen LogP contribution < -0.4 is 0 Å². The zero-order valence-electron chi connectivity index (χ0n) is 7.62. The van der Waals surface area contributed by atoms with Crippen molar-refractivity contribution in [2.75, 3.05) is 0 Å². The van der Waals surface area contributed by atoms with Crippen LogP contribution in [0.1, 0.15) is 32.1 Å². The van der Waals surface area contributed by atoms with Gasteiger partial charge in [-0.15, -0.1) is 0 Å². The first-order valence-corrected chi connectivity index (χ1v) is 4.57. The SMILES string of the molecule is C=COC(=O)CC(=O)C1CCCC1. The third-order valence-corrected chi connectivity index (χ3v) is 2.34. The van der Waals surface area contributed by atoms with Crippen LogP contribution in [0.4, 0.5) is 0 Å². The second-order valence-corrected chi connectivity index (χ2v) is 3.28. The smallest absolute Gasteiger partial charge is 0.318 e. The van der Waals surface area contributed by atoms with Crippen LogP contribution in [0.5, 0.6) is 0 Å². The summed E-state index contributed by atoms with van der Waals surface area (Å²) in [5, 5.41) is 0. The molecule has 0 aromatic rings. The summed E-state index contributed by atoms with van der Waals surface area (Å²) in [6, 6.07) is 0. The van der Waals surface area contributed by atoms with Crippen molar-refractivity contribution in [3.63, 3.8) is 0 Å². The molecule has 3 heteroatoms. The molecule has 72 valence electrons. The molecule has 0 N–H and O–H groups in total. The number of carbonyl (C=O) groups excluding carboxylic acids is 2. The monoisotopic (exact) mass is 182 g/mol. The van der Waals surface area contributed by atoms with Gasteiger partial charge in [-0.05, 0) is 12.8 Å². The predicted molar refractivity (Wildman–Crippen MR) is 47.9 cm³/mol. The van der Waals surface area contributed by atoms with Gasteiger partial charge in [0, 0.05) is 5.92 Å². The Morgan fingerprint density at radius 2 is 2.00 bits per heavy atom. The molecule has 13 heavy (non-hydrogen) atoms. The maximum absolute atomic E-state index is 11.4. The lowest BCUT2D eigenvalue weighted by molar-refractivity contribution is -0.141. The van der Waals surface area contributed by atoms with Gasteiger partial charge in [0.2, 0.25) is 0 Å². The summed E-state index contributed by atoms with van der Waals surface area (Å²) >= 11 is 0. The van der Waals surface area contributed by atoms with E-state index in [0.29, 0.717) is 0 Å². The maximum atomic E-state index is 11.4. The minimum Gasteiger partial charge on any atom is -0.435 e. The van der Waals surface area contributed by atoms with Gasteiger partial charge in [0.25, 0.3) is 0 Å². The van der Waals surface area contributed by atoms with E-state index in [9.17, 15) is 9.59 Å². The molecule has 0 radical (unpaired) electrons. The zero-order chi connectivity index (χ0) is 9.68. The van der Waals surface area contributed by atoms with Gasteiger partial charge in [0.1, 0.15) is 12.2 Å². The lowest BCUT2D eigenvalue weighted by atomic mass is 10.0. The highest BCUT2D eigenvalue weighted by molar-refractivity contribution is 5.97. The molecular formula is C10H14O3. The van der Waals surface area contributed by atoms with Crippen LogP contribution >= 0.6 is 0 Å². The summed E-state index contributed by atoms with van der Waals surface area (Å²) in [6.45, 7) is 3.25. The fourth-order valence-corrected chi connectivity index (χ4v) is 1.67. The lowest BCUT2D eigenvalue weighted by Crippen LogP contribution is -2.16. The first-order chi connectivity index (χ1) is 6.24. The molecule has 0 aliphatic heterocycles. The molecule has 1 aliphatic rings. The Morgan fingerprint density at radius 3 is 2.54 bits per heavy atom. The van der Waals surface area contributed by atoms with Gasteiger partial charge in [-0.3, -0.25) is 9.59 Å². The molecule has 1 aliphatic carbocycles. The summed E-state index contributed by atoms with van der Waals surface area (Å²) < 4.78 is 4.48. The van der Waals surface area contributed by atoms with E-state index in [-0.39, 0.29) is 18.1 Å². The Kier molecular flexibility index (Phi) is 3.68. The number of Topliss-reactive ketones (excluding diaryl/α,β-unsaturated/α-hetero) is 1. The molecule has 0 aromatic heterocycles. The molecule has 0 saturated heterocycles. The van der Waals surface area contributed by atoms with Crippen molar-refractivity contribution >= 4 is 11.8 Å². The van der Waals surface area contributed by atoms with E-state index in [4.69, 9.17) is 0 Å². The summed E-state index contributed by atoms with van der Waals surface area (Å²) in [4.78, 5) is 22.3. The second-order valence-electron chi connectivity index (χ2n) is 3.28. The topological polar surface area (TPSA) is 43.4 Å². The Labute approximate surface area is 77.8 Å². The summed E-state index contributed by atoms with van der Waals surface area (Å²) in [7, 11) is 0. The van der Waals surface area contributed by atoms with E-state index in [0.717, 1.165) is 31.9 Å². The van der Waals surface area contributed by atoms with Gasteiger partial charge in [-0.1, -0.05) is 19.4 Å². The highest BCUT2D eigenvalue weighted by Gasteiger charge is 2.24. The molecule has 0 amide bonds. The predicted octanol–water partition coefficient (Wildman–Crippen LogP) is 1.82. The number of hydrogen-bond donors (Lipinski definition) is 0. The second kappa shape index (κ2) is 4.80. The minimum absolute atomic E-state index is 0.0179. The number of ether oxygens (including phenoxy) is 1. The van der Waals surface area contributed by atoms with Crippen molar-refractivity contribution in [1.82, 2.24) is 0 Å². The minimum atomic E-state index is -0.494. The number of carbonyl (C=O) groups is 2. The van der Waals surface area contributed by atoms with Crippen molar-refractivity contribution in [2.24, 2.45) is 5.92 Å². The van der Waals surface area contributed by atoms with Crippen molar-refractivity contribution in [3.05, 3.63) is 12.8 Å². The molecule has 0 aromatic carbocycles. The third-order valence-electron chi connectivity index (χ3n) is 2.34. The molecule has 0 spiro atoms. The van der Waals surface area contributed by atoms with Crippen LogP contribution in [0.25, 0.3) is 0 Å². The van der Waals surface area contributed by atoms with Crippen LogP contribution in [-0.4, -0.2) is 11.8 Å². The van der Waals surface area contributed by atoms with E-state index in [1.165, 1.54) is 0 Å². The number of ketones is 1. The highest BCUT2D eigenvalue weighted by Crippen LogP contribution is 2.26. The molecule has 3 nitrogen and oxygen atoms in total. The number of esters is 1. The van der Waals surface area contributed by atoms with Crippen LogP contribution in [0.3, 0.4) is 0 Å². The first kappa shape index (κ1) is 9.96. The van der Waals surface area contributed by atoms with Crippen LogP contribution in [-0.2, 0) is 14.3 Å². The maximum Gasteiger partial charge on any atom is 0.318 e. The fraction of sp³-hybridized carbons (Fsp3) is 0.600. The summed E-state index contributed by atoms with van der Waals surface area (Å²) in [5.74, 6) is -0.381. The van der Waals surface area contributed by atoms with E-state index in [2.05, 4.69) is 11.3 Å². The van der Waals surface area contributed by atoms with Crippen LogP contribution in [0.15, 0.2) is 12.8 Å². The fourth-order valence-electron chi connectivity index (χ4n) is 1.67. The average molecular weight is 182 g/mol. The third kappa shape index (κ3) is 3.01. The van der Waals surface area contributed by atoms with Gasteiger partial charge in [0.05, 0.1) is 6.26 Å². The largest absolute Gasteiger partial charge is 0.435 e. The molecular weight excluding hydrogens is 168 g/mol. The van der Waals surface area contributed by atoms with Crippen LogP contribution in [0, 0.1) is 5.92 Å². The quantitative estimate of drug-likeness (QED) is 0.378. The van der Waals surface area contributed by atoms with E-state index < -0.39 is 5.97 Å². The highest BCUT2D eigenvalue weighted by atomic mass is 16.5. The summed E-state index contributed by atoms with van der Waals surface area (Å²) in [5.41, 5.74) is 0. The molecule has 0 heterocycles. The Bertz CT molecular complexity index is 214. The van der Waals surface area contributed by atoms with E-state index >= 15 is 0 Å². The Morgan fingerprint density at radius 1 is 1.38 bits per heavy atom.